The van der Waals surface area contributed by atoms with Crippen LogP contribution in [0.5, 0.6) is 5.75 Å². The zero-order chi connectivity index (χ0) is 23.4. The van der Waals surface area contributed by atoms with Gasteiger partial charge in [0, 0.05) is 18.7 Å². The molecule has 4 aromatic rings. The predicted molar refractivity (Wildman–Crippen MR) is 130 cm³/mol. The molecule has 4 rings (SSSR count). The first-order valence-electron chi connectivity index (χ1n) is 10.3. The van der Waals surface area contributed by atoms with E-state index in [-0.39, 0.29) is 17.3 Å². The average Bonchev–Trinajstić information content (AvgIpc) is 3.24. The summed E-state index contributed by atoms with van der Waals surface area (Å²) in [7, 11) is -2.10. The van der Waals surface area contributed by atoms with Crippen molar-refractivity contribution in [2.75, 3.05) is 19.0 Å². The normalized spacial score (nSPS) is 11.6. The summed E-state index contributed by atoms with van der Waals surface area (Å²) < 4.78 is 33.7. The second-order valence-corrected chi connectivity index (χ2v) is 10.2. The second-order valence-electron chi connectivity index (χ2n) is 7.25. The van der Waals surface area contributed by atoms with Crippen LogP contribution in [0.25, 0.3) is 10.2 Å². The number of anilines is 1. The summed E-state index contributed by atoms with van der Waals surface area (Å²) in [6.07, 6.45) is 0. The Hall–Kier alpha value is -3.27. The molecule has 0 atom stereocenters. The third-order valence-corrected chi connectivity index (χ3v) is 7.99. The number of hydrogen-bond donors (Lipinski definition) is 1. The van der Waals surface area contributed by atoms with Crippen LogP contribution in [0.15, 0.2) is 77.7 Å². The minimum absolute atomic E-state index is 0.143. The summed E-state index contributed by atoms with van der Waals surface area (Å²) in [4.78, 5) is 17.2. The van der Waals surface area contributed by atoms with Crippen LogP contribution in [0.3, 0.4) is 0 Å². The Bertz CT molecular complexity index is 1370. The number of amides is 1. The maximum absolute atomic E-state index is 13.1. The van der Waals surface area contributed by atoms with Crippen molar-refractivity contribution < 1.29 is 17.9 Å². The average molecular weight is 482 g/mol. The van der Waals surface area contributed by atoms with Crippen molar-refractivity contribution in [1.29, 1.82) is 0 Å². The van der Waals surface area contributed by atoms with E-state index in [2.05, 4.69) is 10.3 Å². The van der Waals surface area contributed by atoms with Gasteiger partial charge in [-0.3, -0.25) is 10.1 Å². The number of nitrogens with zero attached hydrogens (tertiary/aromatic N) is 2. The van der Waals surface area contributed by atoms with E-state index in [4.69, 9.17) is 4.74 Å². The van der Waals surface area contributed by atoms with Gasteiger partial charge in [0.25, 0.3) is 5.91 Å². The van der Waals surface area contributed by atoms with E-state index < -0.39 is 10.0 Å². The van der Waals surface area contributed by atoms with E-state index in [0.29, 0.717) is 23.0 Å². The van der Waals surface area contributed by atoms with Crippen molar-refractivity contribution in [1.82, 2.24) is 9.29 Å². The number of benzene rings is 3. The lowest BCUT2D eigenvalue weighted by Crippen LogP contribution is -2.30. The number of fused-ring (bicyclic) bond motifs is 1. The molecule has 3 aromatic carbocycles. The topological polar surface area (TPSA) is 88.6 Å². The van der Waals surface area contributed by atoms with Crippen LogP contribution in [0.1, 0.15) is 22.8 Å². The van der Waals surface area contributed by atoms with Gasteiger partial charge in [0.15, 0.2) is 5.13 Å². The minimum Gasteiger partial charge on any atom is -0.497 e. The number of hydrogen-bond acceptors (Lipinski definition) is 6. The van der Waals surface area contributed by atoms with Crippen molar-refractivity contribution in [3.8, 4) is 5.75 Å². The Morgan fingerprint density at radius 3 is 2.45 bits per heavy atom. The van der Waals surface area contributed by atoms with E-state index in [1.165, 1.54) is 39.9 Å². The Morgan fingerprint density at radius 1 is 1.06 bits per heavy atom. The molecule has 1 heterocycles. The van der Waals surface area contributed by atoms with Crippen LogP contribution in [0.2, 0.25) is 0 Å². The molecule has 1 aromatic heterocycles. The van der Waals surface area contributed by atoms with E-state index in [1.807, 2.05) is 48.5 Å². The highest BCUT2D eigenvalue weighted by Gasteiger charge is 2.23. The van der Waals surface area contributed by atoms with Crippen molar-refractivity contribution >= 4 is 42.6 Å². The number of nitrogens with one attached hydrogen (secondary N) is 1. The van der Waals surface area contributed by atoms with E-state index in [9.17, 15) is 13.2 Å². The minimum atomic E-state index is -3.70. The smallest absolute Gasteiger partial charge is 0.257 e. The first-order chi connectivity index (χ1) is 15.9. The number of methoxy groups -OCH3 is 1. The maximum atomic E-state index is 13.1. The standard InChI is InChI=1S/C24H23N3O4S2/c1-3-27(16-17-7-5-4-6-8-17)33(29,30)20-12-9-18(10-13-20)23(28)26-24-25-21-14-11-19(31-2)15-22(21)32-24/h4-15H,3,16H2,1-2H3,(H,25,26,28). The summed E-state index contributed by atoms with van der Waals surface area (Å²) in [5.41, 5.74) is 2.01. The van der Waals surface area contributed by atoms with Gasteiger partial charge in [0.05, 0.1) is 22.2 Å². The number of carbonyl (C=O) groups is 1. The fraction of sp³-hybridized carbons (Fsp3) is 0.167. The molecule has 1 amide bonds. The Morgan fingerprint density at radius 2 is 1.79 bits per heavy atom. The molecule has 0 saturated heterocycles. The first kappa shape index (κ1) is 22.9. The number of ether oxygens (including phenoxy) is 1. The third-order valence-electron chi connectivity index (χ3n) is 5.12. The van der Waals surface area contributed by atoms with Crippen LogP contribution in [-0.4, -0.2) is 37.3 Å². The molecule has 0 fully saturated rings. The molecule has 170 valence electrons. The molecule has 0 aliphatic carbocycles. The Kier molecular flexibility index (Phi) is 6.73. The number of sulfonamides is 1. The van der Waals surface area contributed by atoms with Crippen molar-refractivity contribution in [2.45, 2.75) is 18.4 Å². The molecule has 0 radical (unpaired) electrons. The highest BCUT2D eigenvalue weighted by atomic mass is 32.2. The van der Waals surface area contributed by atoms with E-state index in [1.54, 1.807) is 14.0 Å². The van der Waals surface area contributed by atoms with Crippen LogP contribution in [0.4, 0.5) is 5.13 Å². The third kappa shape index (κ3) is 5.05. The molecule has 0 aliphatic rings. The zero-order valence-corrected chi connectivity index (χ0v) is 19.8. The van der Waals surface area contributed by atoms with Crippen molar-refractivity contribution in [3.63, 3.8) is 0 Å². The fourth-order valence-electron chi connectivity index (χ4n) is 3.34. The molecule has 0 unspecified atom stereocenters. The monoisotopic (exact) mass is 481 g/mol. The van der Waals surface area contributed by atoms with Gasteiger partial charge in [-0.25, -0.2) is 13.4 Å². The first-order valence-corrected chi connectivity index (χ1v) is 12.6. The van der Waals surface area contributed by atoms with Gasteiger partial charge in [-0.1, -0.05) is 48.6 Å². The molecule has 0 spiro atoms. The molecule has 9 heteroatoms. The maximum Gasteiger partial charge on any atom is 0.257 e. The number of aromatic nitrogens is 1. The highest BCUT2D eigenvalue weighted by molar-refractivity contribution is 7.89. The molecule has 1 N–H and O–H groups in total. The molecule has 0 bridgehead atoms. The summed E-state index contributed by atoms with van der Waals surface area (Å²) in [5, 5.41) is 3.24. The van der Waals surface area contributed by atoms with Gasteiger partial charge < -0.3 is 4.74 Å². The van der Waals surface area contributed by atoms with Crippen molar-refractivity contribution in [2.24, 2.45) is 0 Å². The molecule has 0 aliphatic heterocycles. The summed E-state index contributed by atoms with van der Waals surface area (Å²) in [5.74, 6) is 0.357. The number of thiazole rings is 1. The lowest BCUT2D eigenvalue weighted by Gasteiger charge is -2.20. The van der Waals surface area contributed by atoms with Gasteiger partial charge in [0.2, 0.25) is 10.0 Å². The lowest BCUT2D eigenvalue weighted by molar-refractivity contribution is 0.102. The van der Waals surface area contributed by atoms with Gasteiger partial charge in [-0.15, -0.1) is 0 Å². The van der Waals surface area contributed by atoms with Crippen LogP contribution >= 0.6 is 11.3 Å². The second kappa shape index (κ2) is 9.70. The highest BCUT2D eigenvalue weighted by Crippen LogP contribution is 2.29. The fourth-order valence-corrected chi connectivity index (χ4v) is 5.66. The van der Waals surface area contributed by atoms with E-state index >= 15 is 0 Å². The molecular weight excluding hydrogens is 458 g/mol. The summed E-state index contributed by atoms with van der Waals surface area (Å²) in [6.45, 7) is 2.42. The van der Waals surface area contributed by atoms with Gasteiger partial charge in [-0.05, 0) is 48.0 Å². The van der Waals surface area contributed by atoms with Crippen molar-refractivity contribution in [3.05, 3.63) is 83.9 Å². The molecule has 0 saturated carbocycles. The largest absolute Gasteiger partial charge is 0.497 e. The van der Waals surface area contributed by atoms with Crippen LogP contribution in [0, 0.1) is 0 Å². The van der Waals surface area contributed by atoms with Crippen LogP contribution in [-0.2, 0) is 16.6 Å². The van der Waals surface area contributed by atoms with E-state index in [0.717, 1.165) is 15.8 Å². The van der Waals surface area contributed by atoms with Gasteiger partial charge in [-0.2, -0.15) is 4.31 Å². The zero-order valence-electron chi connectivity index (χ0n) is 18.2. The quantitative estimate of drug-likeness (QED) is 0.392. The number of carbonyl (C=O) groups excluding carboxylic acids is 1. The Labute approximate surface area is 196 Å². The van der Waals surface area contributed by atoms with Crippen LogP contribution < -0.4 is 10.1 Å². The molecule has 7 nitrogen and oxygen atoms in total. The number of rotatable bonds is 8. The summed E-state index contributed by atoms with van der Waals surface area (Å²) >= 11 is 1.34. The lowest BCUT2D eigenvalue weighted by atomic mass is 10.2. The Balaban J connectivity index is 1.49. The van der Waals surface area contributed by atoms with Gasteiger partial charge >= 0.3 is 0 Å². The summed E-state index contributed by atoms with van der Waals surface area (Å²) in [6, 6.07) is 20.9. The predicted octanol–water partition coefficient (Wildman–Crippen LogP) is 4.77. The molecular formula is C24H23N3O4S2. The van der Waals surface area contributed by atoms with Gasteiger partial charge in [0.1, 0.15) is 5.75 Å². The molecule has 33 heavy (non-hydrogen) atoms. The SMILES string of the molecule is CCN(Cc1ccccc1)S(=O)(=O)c1ccc(C(=O)Nc2nc3ccc(OC)cc3s2)cc1.